The van der Waals surface area contributed by atoms with Crippen molar-refractivity contribution < 1.29 is 14.5 Å². The molecule has 4 heteroatoms. The Balaban J connectivity index is 1.76. The first-order valence-corrected chi connectivity index (χ1v) is 8.73. The predicted molar refractivity (Wildman–Crippen MR) is 85.7 cm³/mol. The van der Waals surface area contributed by atoms with E-state index < -0.39 is 0 Å². The lowest BCUT2D eigenvalue weighted by molar-refractivity contribution is -1.18. The van der Waals surface area contributed by atoms with E-state index in [1.165, 1.54) is 38.2 Å². The average molecular weight is 353 g/mol. The van der Waals surface area contributed by atoms with Crippen molar-refractivity contribution >= 4 is 15.9 Å². The molecule has 0 radical (unpaired) electrons. The molecule has 4 aliphatic heterocycles. The molecule has 0 atom stereocenters. The van der Waals surface area contributed by atoms with E-state index >= 15 is 0 Å². The Hall–Kier alpha value is -0.580. The smallest absolute Gasteiger partial charge is 0.243 e. The van der Waals surface area contributed by atoms with Crippen LogP contribution in [0.15, 0.2) is 22.7 Å². The van der Waals surface area contributed by atoms with E-state index in [4.69, 9.17) is 4.74 Å². The molecule has 3 nitrogen and oxygen atoms in total. The van der Waals surface area contributed by atoms with Crippen molar-refractivity contribution in [2.24, 2.45) is 10.8 Å². The SMILES string of the molecule is COc1ccc(Br)cc1C1[NH+]2CC3(C)C[NH+]1CC(C)(C2)C3. The van der Waals surface area contributed by atoms with Crippen LogP contribution < -0.4 is 14.5 Å². The summed E-state index contributed by atoms with van der Waals surface area (Å²) in [5.41, 5.74) is 2.44. The minimum absolute atomic E-state index is 0.533. The quantitative estimate of drug-likeness (QED) is 0.800. The largest absolute Gasteiger partial charge is 0.496 e. The summed E-state index contributed by atoms with van der Waals surface area (Å²) in [6, 6.07) is 6.46. The third-order valence-electron chi connectivity index (χ3n) is 5.79. The molecule has 0 amide bonds. The Morgan fingerprint density at radius 1 is 1.10 bits per heavy atom. The molecule has 4 aliphatic rings. The lowest BCUT2D eigenvalue weighted by Gasteiger charge is -2.60. The number of benzene rings is 1. The fourth-order valence-electron chi connectivity index (χ4n) is 5.79. The van der Waals surface area contributed by atoms with Crippen LogP contribution in [0, 0.1) is 10.8 Å². The van der Waals surface area contributed by atoms with Crippen LogP contribution in [0.25, 0.3) is 0 Å². The maximum absolute atomic E-state index is 5.66. The topological polar surface area (TPSA) is 18.1 Å². The Kier molecular flexibility index (Phi) is 2.98. The standard InChI is InChI=1S/C17H23BrN2O/c1-16-7-17(2)10-19(8-16)15(20(9-16)11-17)13-6-12(18)4-5-14(13)21-3/h4-6,15H,7-11H2,1-3H3/p+2. The van der Waals surface area contributed by atoms with E-state index in [9.17, 15) is 0 Å². The molecule has 0 aliphatic carbocycles. The van der Waals surface area contributed by atoms with E-state index in [2.05, 4.69) is 48.0 Å². The molecule has 0 saturated carbocycles. The number of hydrogen-bond donors (Lipinski definition) is 2. The van der Waals surface area contributed by atoms with Gasteiger partial charge in [-0.05, 0) is 38.5 Å². The van der Waals surface area contributed by atoms with E-state index in [-0.39, 0.29) is 0 Å². The molecule has 5 rings (SSSR count). The summed E-state index contributed by atoms with van der Waals surface area (Å²) >= 11 is 3.64. The Morgan fingerprint density at radius 2 is 1.67 bits per heavy atom. The number of hydrogen-bond acceptors (Lipinski definition) is 1. The lowest BCUT2D eigenvalue weighted by atomic mass is 9.63. The Labute approximate surface area is 135 Å². The maximum atomic E-state index is 5.66. The van der Waals surface area contributed by atoms with Crippen molar-refractivity contribution in [1.82, 2.24) is 0 Å². The third kappa shape index (κ3) is 2.14. The number of quaternary nitrogens is 2. The van der Waals surface area contributed by atoms with Crippen molar-refractivity contribution in [1.29, 1.82) is 0 Å². The molecule has 1 aromatic rings. The van der Waals surface area contributed by atoms with Gasteiger partial charge in [0, 0.05) is 4.47 Å². The molecule has 2 N–H and O–H groups in total. The zero-order chi connectivity index (χ0) is 14.8. The summed E-state index contributed by atoms with van der Waals surface area (Å²) in [5.74, 6) is 1.05. The average Bonchev–Trinajstić information content (AvgIpc) is 2.35. The van der Waals surface area contributed by atoms with Gasteiger partial charge in [0.1, 0.15) is 11.3 Å². The highest BCUT2D eigenvalue weighted by atomic mass is 79.9. The summed E-state index contributed by atoms with van der Waals surface area (Å²) in [6.45, 7) is 10.2. The van der Waals surface area contributed by atoms with Crippen LogP contribution in [0.1, 0.15) is 32.0 Å². The molecule has 4 fully saturated rings. The first-order chi connectivity index (χ1) is 9.91. The molecular weight excluding hydrogens is 328 g/mol. The normalized spacial score (nSPS) is 44.1. The molecule has 1 aromatic carbocycles. The van der Waals surface area contributed by atoms with Gasteiger partial charge in [0.15, 0.2) is 0 Å². The molecule has 0 unspecified atom stereocenters. The second-order valence-corrected chi connectivity index (χ2v) is 9.06. The molecule has 21 heavy (non-hydrogen) atoms. The number of ether oxygens (including phenoxy) is 1. The van der Waals surface area contributed by atoms with Crippen LogP contribution in [0.5, 0.6) is 5.75 Å². The van der Waals surface area contributed by atoms with Gasteiger partial charge in [-0.3, -0.25) is 9.80 Å². The molecule has 4 bridgehead atoms. The summed E-state index contributed by atoms with van der Waals surface area (Å²) < 4.78 is 6.82. The van der Waals surface area contributed by atoms with Gasteiger partial charge in [0.05, 0.1) is 44.1 Å². The summed E-state index contributed by atoms with van der Waals surface area (Å²) in [7, 11) is 1.79. The number of rotatable bonds is 2. The molecule has 4 heterocycles. The van der Waals surface area contributed by atoms with Crippen LogP contribution in [-0.4, -0.2) is 33.3 Å². The van der Waals surface area contributed by atoms with Gasteiger partial charge in [-0.2, -0.15) is 0 Å². The minimum atomic E-state index is 0.533. The van der Waals surface area contributed by atoms with E-state index in [0.29, 0.717) is 17.0 Å². The molecule has 114 valence electrons. The second kappa shape index (κ2) is 4.46. The molecular formula is C17H25BrN2O+2. The Bertz CT molecular complexity index is 552. The summed E-state index contributed by atoms with van der Waals surface area (Å²) in [4.78, 5) is 3.52. The van der Waals surface area contributed by atoms with Crippen molar-refractivity contribution in [3.63, 3.8) is 0 Å². The highest BCUT2D eigenvalue weighted by Crippen LogP contribution is 2.40. The van der Waals surface area contributed by atoms with E-state index in [0.717, 1.165) is 10.2 Å². The number of methoxy groups -OCH3 is 1. The van der Waals surface area contributed by atoms with Crippen molar-refractivity contribution in [3.8, 4) is 5.75 Å². The number of halogens is 1. The van der Waals surface area contributed by atoms with Gasteiger partial charge >= 0.3 is 0 Å². The fourth-order valence-corrected chi connectivity index (χ4v) is 6.17. The highest BCUT2D eigenvalue weighted by Gasteiger charge is 2.63. The van der Waals surface area contributed by atoms with Gasteiger partial charge in [-0.25, -0.2) is 0 Å². The van der Waals surface area contributed by atoms with Crippen molar-refractivity contribution in [2.75, 3.05) is 33.3 Å². The van der Waals surface area contributed by atoms with Crippen LogP contribution in [0.4, 0.5) is 0 Å². The van der Waals surface area contributed by atoms with Crippen LogP contribution in [0.2, 0.25) is 0 Å². The molecule has 4 saturated heterocycles. The van der Waals surface area contributed by atoms with E-state index in [1.807, 2.05) is 0 Å². The first-order valence-electron chi connectivity index (χ1n) is 7.94. The Morgan fingerprint density at radius 3 is 2.19 bits per heavy atom. The van der Waals surface area contributed by atoms with Crippen molar-refractivity contribution in [3.05, 3.63) is 28.2 Å². The monoisotopic (exact) mass is 352 g/mol. The summed E-state index contributed by atoms with van der Waals surface area (Å²) in [5, 5.41) is 0. The molecule has 0 spiro atoms. The first kappa shape index (κ1) is 14.0. The summed E-state index contributed by atoms with van der Waals surface area (Å²) in [6.07, 6.45) is 1.95. The van der Waals surface area contributed by atoms with E-state index in [1.54, 1.807) is 16.9 Å². The number of nitrogens with one attached hydrogen (secondary N) is 2. The lowest BCUT2D eigenvalue weighted by Crippen LogP contribution is -3.40. The van der Waals surface area contributed by atoms with Gasteiger partial charge in [-0.15, -0.1) is 0 Å². The third-order valence-corrected chi connectivity index (χ3v) is 6.28. The van der Waals surface area contributed by atoms with Gasteiger partial charge < -0.3 is 4.74 Å². The minimum Gasteiger partial charge on any atom is -0.496 e. The maximum Gasteiger partial charge on any atom is 0.243 e. The van der Waals surface area contributed by atoms with Crippen LogP contribution in [0.3, 0.4) is 0 Å². The predicted octanol–water partition coefficient (Wildman–Crippen LogP) is 0.670. The molecule has 0 aromatic heterocycles. The highest BCUT2D eigenvalue weighted by molar-refractivity contribution is 9.10. The second-order valence-electron chi connectivity index (χ2n) is 8.14. The van der Waals surface area contributed by atoms with Crippen molar-refractivity contribution in [2.45, 2.75) is 26.4 Å². The zero-order valence-corrected chi connectivity index (χ0v) is 14.7. The fraction of sp³-hybridized carbons (Fsp3) is 0.647. The zero-order valence-electron chi connectivity index (χ0n) is 13.1. The van der Waals surface area contributed by atoms with Crippen LogP contribution in [-0.2, 0) is 0 Å². The van der Waals surface area contributed by atoms with Gasteiger partial charge in [0.2, 0.25) is 6.17 Å². The van der Waals surface area contributed by atoms with Crippen LogP contribution >= 0.6 is 15.9 Å². The number of piperidine rings is 2. The van der Waals surface area contributed by atoms with Gasteiger partial charge in [-0.1, -0.05) is 15.9 Å². The van der Waals surface area contributed by atoms with Gasteiger partial charge in [0.25, 0.3) is 0 Å².